The Balaban J connectivity index is 2.01. The zero-order valence-corrected chi connectivity index (χ0v) is 12.1. The third-order valence-corrected chi connectivity index (χ3v) is 3.92. The number of carbonyl (C=O) groups excluding carboxylic acids is 1. The molecule has 2 rings (SSSR count). The Hall–Kier alpha value is -0.840. The fourth-order valence-electron chi connectivity index (χ4n) is 1.67. The minimum Gasteiger partial charge on any atom is -0.378 e. The van der Waals surface area contributed by atoms with E-state index in [9.17, 15) is 4.79 Å². The summed E-state index contributed by atoms with van der Waals surface area (Å²) in [5.41, 5.74) is 0.907. The van der Waals surface area contributed by atoms with Crippen molar-refractivity contribution in [3.63, 3.8) is 0 Å². The second-order valence-corrected chi connectivity index (χ2v) is 5.21. The highest BCUT2D eigenvalue weighted by atomic mass is 79.9. The maximum Gasteiger partial charge on any atom is 0.246 e. The summed E-state index contributed by atoms with van der Waals surface area (Å²) in [6.07, 6.45) is 3.35. The number of carbonyl (C=O) groups is 1. The van der Waals surface area contributed by atoms with Crippen LogP contribution in [0.1, 0.15) is 5.56 Å². The van der Waals surface area contributed by atoms with Gasteiger partial charge in [-0.3, -0.25) is 4.79 Å². The lowest BCUT2D eigenvalue weighted by Gasteiger charge is -2.25. The maximum atomic E-state index is 11.9. The first-order chi connectivity index (χ1) is 8.66. The number of morpholine rings is 1. The smallest absolute Gasteiger partial charge is 0.246 e. The lowest BCUT2D eigenvalue weighted by Crippen LogP contribution is -2.39. The Kier molecular flexibility index (Phi) is 4.80. The lowest BCUT2D eigenvalue weighted by atomic mass is 10.2. The largest absolute Gasteiger partial charge is 0.378 e. The highest BCUT2D eigenvalue weighted by Crippen LogP contribution is 2.23. The Labute approximate surface area is 119 Å². The predicted octanol–water partition coefficient (Wildman–Crippen LogP) is 2.97. The van der Waals surface area contributed by atoms with Gasteiger partial charge in [0.2, 0.25) is 5.91 Å². The summed E-state index contributed by atoms with van der Waals surface area (Å²) in [5.74, 6) is 0.0114. The molecule has 96 valence electrons. The molecule has 1 aromatic rings. The molecular weight excluding hydrogens is 318 g/mol. The molecule has 1 amide bonds. The van der Waals surface area contributed by atoms with Crippen LogP contribution in [0.15, 0.2) is 28.7 Å². The monoisotopic (exact) mass is 329 g/mol. The van der Waals surface area contributed by atoms with E-state index in [2.05, 4.69) is 15.9 Å². The molecule has 1 aromatic carbocycles. The molecule has 3 nitrogen and oxygen atoms in total. The van der Waals surface area contributed by atoms with Crippen LogP contribution in [0.2, 0.25) is 5.02 Å². The normalized spacial score (nSPS) is 16.2. The third kappa shape index (κ3) is 3.57. The minimum atomic E-state index is 0.0114. The molecule has 1 fully saturated rings. The van der Waals surface area contributed by atoms with Gasteiger partial charge in [0.05, 0.1) is 18.2 Å². The highest BCUT2D eigenvalue weighted by molar-refractivity contribution is 9.10. The number of rotatable bonds is 2. The van der Waals surface area contributed by atoms with E-state index in [0.29, 0.717) is 31.3 Å². The van der Waals surface area contributed by atoms with E-state index in [4.69, 9.17) is 16.3 Å². The van der Waals surface area contributed by atoms with Crippen LogP contribution < -0.4 is 0 Å². The van der Waals surface area contributed by atoms with Crippen molar-refractivity contribution >= 4 is 39.5 Å². The molecule has 0 aromatic heterocycles. The van der Waals surface area contributed by atoms with Gasteiger partial charge in [-0.2, -0.15) is 0 Å². The highest BCUT2D eigenvalue weighted by Gasteiger charge is 2.13. The van der Waals surface area contributed by atoms with E-state index in [1.54, 1.807) is 17.1 Å². The van der Waals surface area contributed by atoms with Crippen LogP contribution in [0.5, 0.6) is 0 Å². The molecule has 5 heteroatoms. The number of nitrogens with zero attached hydrogens (tertiary/aromatic N) is 1. The lowest BCUT2D eigenvalue weighted by molar-refractivity contribution is -0.129. The molecule has 1 heterocycles. The van der Waals surface area contributed by atoms with Gasteiger partial charge < -0.3 is 9.64 Å². The summed E-state index contributed by atoms with van der Waals surface area (Å²) in [5, 5.41) is 0.635. The van der Waals surface area contributed by atoms with Crippen molar-refractivity contribution in [1.82, 2.24) is 4.90 Å². The van der Waals surface area contributed by atoms with Crippen LogP contribution in [0, 0.1) is 0 Å². The third-order valence-electron chi connectivity index (χ3n) is 2.68. The molecule has 0 radical (unpaired) electrons. The van der Waals surface area contributed by atoms with Crippen molar-refractivity contribution in [2.24, 2.45) is 0 Å². The Bertz CT molecular complexity index is 470. The molecule has 18 heavy (non-hydrogen) atoms. The molecule has 0 aliphatic carbocycles. The predicted molar refractivity (Wildman–Crippen MR) is 75.6 cm³/mol. The van der Waals surface area contributed by atoms with Gasteiger partial charge in [-0.15, -0.1) is 0 Å². The summed E-state index contributed by atoms with van der Waals surface area (Å²) in [4.78, 5) is 13.6. The Morgan fingerprint density at radius 3 is 2.78 bits per heavy atom. The number of hydrogen-bond donors (Lipinski definition) is 0. The van der Waals surface area contributed by atoms with E-state index in [1.807, 2.05) is 18.2 Å². The first-order valence-electron chi connectivity index (χ1n) is 5.66. The van der Waals surface area contributed by atoms with E-state index in [-0.39, 0.29) is 5.91 Å². The SMILES string of the molecule is O=C(/C=C/c1ccc(Br)c(Cl)c1)N1CCOCC1. The number of amides is 1. The van der Waals surface area contributed by atoms with Gasteiger partial charge >= 0.3 is 0 Å². The standard InChI is InChI=1S/C13H13BrClNO2/c14-11-3-1-10(9-12(11)15)2-4-13(17)16-5-7-18-8-6-16/h1-4,9H,5-8H2/b4-2+. The maximum absolute atomic E-state index is 11.9. The molecule has 0 N–H and O–H groups in total. The van der Waals surface area contributed by atoms with Gasteiger partial charge in [0.1, 0.15) is 0 Å². The fraction of sp³-hybridized carbons (Fsp3) is 0.308. The second kappa shape index (κ2) is 6.36. The molecule has 0 atom stereocenters. The van der Waals surface area contributed by atoms with Crippen molar-refractivity contribution in [3.8, 4) is 0 Å². The van der Waals surface area contributed by atoms with Gasteiger partial charge in [0.15, 0.2) is 0 Å². The van der Waals surface area contributed by atoms with Crippen LogP contribution >= 0.6 is 27.5 Å². The second-order valence-electron chi connectivity index (χ2n) is 3.94. The van der Waals surface area contributed by atoms with E-state index in [0.717, 1.165) is 10.0 Å². The first kappa shape index (κ1) is 13.6. The van der Waals surface area contributed by atoms with Gasteiger partial charge in [0.25, 0.3) is 0 Å². The van der Waals surface area contributed by atoms with Crippen molar-refractivity contribution in [1.29, 1.82) is 0 Å². The van der Waals surface area contributed by atoms with Crippen LogP contribution in [-0.2, 0) is 9.53 Å². The average molecular weight is 331 g/mol. The summed E-state index contributed by atoms with van der Waals surface area (Å²) < 4.78 is 6.05. The van der Waals surface area contributed by atoms with Crippen molar-refractivity contribution in [2.75, 3.05) is 26.3 Å². The van der Waals surface area contributed by atoms with Crippen LogP contribution in [0.25, 0.3) is 6.08 Å². The zero-order chi connectivity index (χ0) is 13.0. The number of halogens is 2. The first-order valence-corrected chi connectivity index (χ1v) is 6.84. The van der Waals surface area contributed by atoms with Gasteiger partial charge in [-0.05, 0) is 39.7 Å². The number of ether oxygens (including phenoxy) is 1. The van der Waals surface area contributed by atoms with Crippen LogP contribution in [0.4, 0.5) is 0 Å². The van der Waals surface area contributed by atoms with Crippen molar-refractivity contribution in [2.45, 2.75) is 0 Å². The molecule has 1 saturated heterocycles. The Morgan fingerprint density at radius 1 is 1.39 bits per heavy atom. The Morgan fingerprint density at radius 2 is 2.11 bits per heavy atom. The fourth-order valence-corrected chi connectivity index (χ4v) is 2.11. The summed E-state index contributed by atoms with van der Waals surface area (Å²) in [6, 6.07) is 5.58. The van der Waals surface area contributed by atoms with Crippen molar-refractivity contribution < 1.29 is 9.53 Å². The summed E-state index contributed by atoms with van der Waals surface area (Å²) in [6.45, 7) is 2.54. The molecular formula is C13H13BrClNO2. The van der Waals surface area contributed by atoms with Gasteiger partial charge in [-0.25, -0.2) is 0 Å². The number of benzene rings is 1. The topological polar surface area (TPSA) is 29.5 Å². The van der Waals surface area contributed by atoms with E-state index < -0.39 is 0 Å². The van der Waals surface area contributed by atoms with Crippen LogP contribution in [0.3, 0.4) is 0 Å². The summed E-state index contributed by atoms with van der Waals surface area (Å²) >= 11 is 9.31. The molecule has 0 spiro atoms. The van der Waals surface area contributed by atoms with E-state index in [1.165, 1.54) is 0 Å². The quantitative estimate of drug-likeness (QED) is 0.780. The molecule has 0 saturated carbocycles. The average Bonchev–Trinajstić information content (AvgIpc) is 2.41. The molecule has 1 aliphatic heterocycles. The van der Waals surface area contributed by atoms with E-state index >= 15 is 0 Å². The van der Waals surface area contributed by atoms with Crippen LogP contribution in [-0.4, -0.2) is 37.1 Å². The number of hydrogen-bond acceptors (Lipinski definition) is 2. The molecule has 1 aliphatic rings. The summed E-state index contributed by atoms with van der Waals surface area (Å²) in [7, 11) is 0. The van der Waals surface area contributed by atoms with Crippen molar-refractivity contribution in [3.05, 3.63) is 39.3 Å². The molecule has 0 bridgehead atoms. The minimum absolute atomic E-state index is 0.0114. The zero-order valence-electron chi connectivity index (χ0n) is 9.73. The molecule has 0 unspecified atom stereocenters. The van der Waals surface area contributed by atoms with Gasteiger partial charge in [0, 0.05) is 23.6 Å². The van der Waals surface area contributed by atoms with Gasteiger partial charge in [-0.1, -0.05) is 17.7 Å².